The second-order valence-corrected chi connectivity index (χ2v) is 8.52. The molecule has 0 spiro atoms. The third kappa shape index (κ3) is 6.51. The van der Waals surface area contributed by atoms with Crippen molar-refractivity contribution in [2.24, 2.45) is 16.1 Å². The third-order valence-corrected chi connectivity index (χ3v) is 6.33. The minimum atomic E-state index is 0.255. The van der Waals surface area contributed by atoms with Crippen LogP contribution >= 0.6 is 0 Å². The summed E-state index contributed by atoms with van der Waals surface area (Å²) in [5, 5.41) is 3.28. The Labute approximate surface area is 181 Å². The van der Waals surface area contributed by atoms with E-state index in [1.807, 2.05) is 12.1 Å². The van der Waals surface area contributed by atoms with Crippen molar-refractivity contribution in [3.8, 4) is 11.5 Å². The summed E-state index contributed by atoms with van der Waals surface area (Å²) in [7, 11) is 3.30. The Bertz CT molecular complexity index is 683. The first-order chi connectivity index (χ1) is 14.6. The van der Waals surface area contributed by atoms with Crippen LogP contribution in [-0.4, -0.2) is 71.0 Å². The Balaban J connectivity index is 1.51. The molecule has 1 heterocycles. The fourth-order valence-electron chi connectivity index (χ4n) is 4.58. The van der Waals surface area contributed by atoms with E-state index in [2.05, 4.69) is 16.3 Å². The van der Waals surface area contributed by atoms with Crippen molar-refractivity contribution in [2.45, 2.75) is 38.5 Å². The van der Waals surface area contributed by atoms with Gasteiger partial charge in [0.1, 0.15) is 0 Å². The van der Waals surface area contributed by atoms with E-state index in [1.165, 1.54) is 37.7 Å². The summed E-state index contributed by atoms with van der Waals surface area (Å²) in [5.74, 6) is 2.04. The zero-order valence-electron chi connectivity index (χ0n) is 18.6. The predicted molar refractivity (Wildman–Crippen MR) is 121 cm³/mol. The minimum absolute atomic E-state index is 0.255. The molecule has 7 nitrogen and oxygen atoms in total. The lowest BCUT2D eigenvalue weighted by atomic mass is 9.73. The Morgan fingerprint density at radius 1 is 1.13 bits per heavy atom. The summed E-state index contributed by atoms with van der Waals surface area (Å²) in [5.41, 5.74) is 7.63. The molecule has 1 saturated carbocycles. The minimum Gasteiger partial charge on any atom is -0.493 e. The summed E-state index contributed by atoms with van der Waals surface area (Å²) in [6, 6.07) is 5.99. The van der Waals surface area contributed by atoms with Crippen molar-refractivity contribution in [3.05, 3.63) is 23.8 Å². The Morgan fingerprint density at radius 2 is 1.87 bits per heavy atom. The van der Waals surface area contributed by atoms with E-state index < -0.39 is 0 Å². The number of hydrogen-bond acceptors (Lipinski definition) is 5. The van der Waals surface area contributed by atoms with Crippen molar-refractivity contribution in [1.82, 2.24) is 10.2 Å². The van der Waals surface area contributed by atoms with Crippen LogP contribution in [0.2, 0.25) is 0 Å². The molecule has 1 aliphatic carbocycles. The molecule has 168 valence electrons. The van der Waals surface area contributed by atoms with Crippen molar-refractivity contribution < 1.29 is 14.2 Å². The van der Waals surface area contributed by atoms with Crippen LogP contribution in [0.5, 0.6) is 11.5 Å². The molecule has 0 amide bonds. The Morgan fingerprint density at radius 3 is 2.57 bits per heavy atom. The first kappa shape index (κ1) is 22.7. The fourth-order valence-corrected chi connectivity index (χ4v) is 4.58. The van der Waals surface area contributed by atoms with Crippen molar-refractivity contribution in [1.29, 1.82) is 0 Å². The molecule has 0 unspecified atom stereocenters. The molecule has 1 saturated heterocycles. The summed E-state index contributed by atoms with van der Waals surface area (Å²) < 4.78 is 16.2. The van der Waals surface area contributed by atoms with Crippen LogP contribution in [0, 0.1) is 5.41 Å². The van der Waals surface area contributed by atoms with Gasteiger partial charge in [0.15, 0.2) is 17.5 Å². The molecule has 0 aromatic heterocycles. The molecule has 1 aliphatic heterocycles. The van der Waals surface area contributed by atoms with Gasteiger partial charge in [-0.25, -0.2) is 0 Å². The number of nitrogens with two attached hydrogens (primary N) is 1. The molecule has 0 radical (unpaired) electrons. The molecule has 2 aliphatic rings. The van der Waals surface area contributed by atoms with Crippen LogP contribution < -0.4 is 20.5 Å². The molecule has 0 atom stereocenters. The lowest BCUT2D eigenvalue weighted by Crippen LogP contribution is -2.46. The van der Waals surface area contributed by atoms with E-state index in [4.69, 9.17) is 24.9 Å². The number of aliphatic imine (C=N–C) groups is 1. The number of nitrogens with one attached hydrogen (secondary N) is 1. The number of ether oxygens (including phenoxy) is 3. The van der Waals surface area contributed by atoms with Crippen molar-refractivity contribution in [2.75, 3.05) is 60.2 Å². The largest absolute Gasteiger partial charge is 0.493 e. The second-order valence-electron chi connectivity index (χ2n) is 8.52. The maximum atomic E-state index is 6.21. The molecule has 30 heavy (non-hydrogen) atoms. The SMILES string of the molecule is COc1ccc(CCNC(N)=NCC2(CN3CCOCC3)CCCCC2)cc1OC. The highest BCUT2D eigenvalue weighted by Gasteiger charge is 2.34. The van der Waals surface area contributed by atoms with Gasteiger partial charge in [-0.3, -0.25) is 9.89 Å². The van der Waals surface area contributed by atoms with E-state index in [0.717, 1.165) is 63.9 Å². The van der Waals surface area contributed by atoms with E-state index in [9.17, 15) is 0 Å². The number of rotatable bonds is 9. The number of nitrogens with zero attached hydrogens (tertiary/aromatic N) is 2. The normalized spacial score (nSPS) is 20.0. The molecule has 1 aromatic carbocycles. The lowest BCUT2D eigenvalue weighted by Gasteiger charge is -2.41. The fraction of sp³-hybridized carbons (Fsp3) is 0.696. The van der Waals surface area contributed by atoms with Gasteiger partial charge in [0.25, 0.3) is 0 Å². The Hall–Kier alpha value is -1.99. The maximum Gasteiger partial charge on any atom is 0.188 e. The van der Waals surface area contributed by atoms with Crippen molar-refractivity contribution >= 4 is 5.96 Å². The molecule has 1 aromatic rings. The van der Waals surface area contributed by atoms with Gasteiger partial charge >= 0.3 is 0 Å². The topological polar surface area (TPSA) is 81.3 Å². The van der Waals surface area contributed by atoms with Gasteiger partial charge in [-0.2, -0.15) is 0 Å². The van der Waals surface area contributed by atoms with Crippen LogP contribution in [0.15, 0.2) is 23.2 Å². The number of benzene rings is 1. The smallest absolute Gasteiger partial charge is 0.188 e. The monoisotopic (exact) mass is 418 g/mol. The summed E-state index contributed by atoms with van der Waals surface area (Å²) >= 11 is 0. The van der Waals surface area contributed by atoms with E-state index >= 15 is 0 Å². The highest BCUT2D eigenvalue weighted by Crippen LogP contribution is 2.37. The lowest BCUT2D eigenvalue weighted by molar-refractivity contribution is 0.00939. The number of guanidine groups is 1. The van der Waals surface area contributed by atoms with Crippen LogP contribution in [0.3, 0.4) is 0 Å². The molecule has 7 heteroatoms. The quantitative estimate of drug-likeness (QED) is 0.474. The zero-order chi connectivity index (χ0) is 21.2. The number of morpholine rings is 1. The van der Waals surface area contributed by atoms with Crippen molar-refractivity contribution in [3.63, 3.8) is 0 Å². The average Bonchev–Trinajstić information content (AvgIpc) is 2.79. The van der Waals surface area contributed by atoms with Crippen LogP contribution in [0.25, 0.3) is 0 Å². The van der Waals surface area contributed by atoms with Crippen LogP contribution in [-0.2, 0) is 11.2 Å². The summed E-state index contributed by atoms with van der Waals surface area (Å²) in [6.45, 7) is 6.41. The van der Waals surface area contributed by atoms with Crippen LogP contribution in [0.4, 0.5) is 0 Å². The standard InChI is InChI=1S/C23H38N4O3/c1-28-20-7-6-19(16-21(20)29-2)8-11-25-22(24)26-17-23(9-4-3-5-10-23)18-27-12-14-30-15-13-27/h6-7,16H,3-5,8-15,17-18H2,1-2H3,(H3,24,25,26). The molecule has 0 bridgehead atoms. The summed E-state index contributed by atoms with van der Waals surface area (Å²) in [4.78, 5) is 7.31. The molecule has 3 rings (SSSR count). The van der Waals surface area contributed by atoms with E-state index in [1.54, 1.807) is 14.2 Å². The number of hydrogen-bond donors (Lipinski definition) is 2. The first-order valence-corrected chi connectivity index (χ1v) is 11.2. The van der Waals surface area contributed by atoms with Gasteiger partial charge in [-0.05, 0) is 37.0 Å². The van der Waals surface area contributed by atoms with Gasteiger partial charge in [0.05, 0.1) is 27.4 Å². The first-order valence-electron chi connectivity index (χ1n) is 11.2. The highest BCUT2D eigenvalue weighted by atomic mass is 16.5. The predicted octanol–water partition coefficient (Wildman–Crippen LogP) is 2.43. The maximum absolute atomic E-state index is 6.21. The van der Waals surface area contributed by atoms with Crippen LogP contribution in [0.1, 0.15) is 37.7 Å². The highest BCUT2D eigenvalue weighted by molar-refractivity contribution is 5.77. The van der Waals surface area contributed by atoms with Gasteiger partial charge < -0.3 is 25.3 Å². The summed E-state index contributed by atoms with van der Waals surface area (Å²) in [6.07, 6.45) is 7.27. The molecular weight excluding hydrogens is 380 g/mol. The molecule has 2 fully saturated rings. The van der Waals surface area contributed by atoms with Gasteiger partial charge in [0.2, 0.25) is 0 Å². The van der Waals surface area contributed by atoms with E-state index in [0.29, 0.717) is 5.96 Å². The molecule has 3 N–H and O–H groups in total. The van der Waals surface area contributed by atoms with Gasteiger partial charge in [-0.1, -0.05) is 25.3 Å². The zero-order valence-corrected chi connectivity index (χ0v) is 18.6. The van der Waals surface area contributed by atoms with E-state index in [-0.39, 0.29) is 5.41 Å². The molecular formula is C23H38N4O3. The van der Waals surface area contributed by atoms with Gasteiger partial charge in [-0.15, -0.1) is 0 Å². The average molecular weight is 419 g/mol. The third-order valence-electron chi connectivity index (χ3n) is 6.33. The van der Waals surface area contributed by atoms with Gasteiger partial charge in [0, 0.05) is 38.1 Å². The Kier molecular flexibility index (Phi) is 8.63. The number of methoxy groups -OCH3 is 2. The second kappa shape index (κ2) is 11.4.